The number of ether oxygens (including phenoxy) is 1. The highest BCUT2D eigenvalue weighted by atomic mass is 35.5. The number of aromatic nitrogens is 1. The van der Waals surface area contributed by atoms with E-state index in [1.165, 1.54) is 0 Å². The quantitative estimate of drug-likeness (QED) is 0.874. The zero-order chi connectivity index (χ0) is 11.5. The molecule has 1 fully saturated rings. The van der Waals surface area contributed by atoms with Crippen LogP contribution in [-0.4, -0.2) is 47.4 Å². The largest absolute Gasteiger partial charge is 0.476 e. The van der Waals surface area contributed by atoms with Gasteiger partial charge in [-0.25, -0.2) is 4.79 Å². The molecule has 1 N–H and O–H groups in total. The number of aryl methyl sites for hydroxylation is 1. The monoisotopic (exact) mass is 262 g/mol. The highest BCUT2D eigenvalue weighted by Crippen LogP contribution is 2.16. The van der Waals surface area contributed by atoms with Crippen molar-refractivity contribution >= 4 is 18.4 Å². The lowest BCUT2D eigenvalue weighted by molar-refractivity contribution is 0.0337. The van der Waals surface area contributed by atoms with E-state index in [1.807, 2.05) is 0 Å². The standard InChI is InChI=1S/C10H14N2O4.ClH/c1-7-8(9(10(13)14)11-16-7)6-12-2-4-15-5-3-12;/h2-6H2,1H3,(H,13,14);1H. The first-order valence-electron chi connectivity index (χ1n) is 5.17. The van der Waals surface area contributed by atoms with Crippen LogP contribution in [0, 0.1) is 6.92 Å². The van der Waals surface area contributed by atoms with Gasteiger partial charge in [-0.3, -0.25) is 4.90 Å². The number of morpholine rings is 1. The van der Waals surface area contributed by atoms with Crippen molar-refractivity contribution in [3.63, 3.8) is 0 Å². The molecule has 7 heteroatoms. The summed E-state index contributed by atoms with van der Waals surface area (Å²) in [6.07, 6.45) is 0. The molecule has 17 heavy (non-hydrogen) atoms. The van der Waals surface area contributed by atoms with Crippen molar-refractivity contribution in [1.82, 2.24) is 10.1 Å². The number of hydrogen-bond donors (Lipinski definition) is 1. The maximum absolute atomic E-state index is 10.9. The Labute approximate surface area is 105 Å². The van der Waals surface area contributed by atoms with Gasteiger partial charge in [-0.15, -0.1) is 12.4 Å². The summed E-state index contributed by atoms with van der Waals surface area (Å²) in [5.41, 5.74) is 0.679. The third-order valence-electron chi connectivity index (χ3n) is 2.67. The van der Waals surface area contributed by atoms with Crippen LogP contribution >= 0.6 is 12.4 Å². The minimum absolute atomic E-state index is 0. The van der Waals surface area contributed by atoms with Crippen LogP contribution in [0.3, 0.4) is 0 Å². The molecule has 1 aliphatic rings. The number of aromatic carboxylic acids is 1. The second kappa shape index (κ2) is 6.00. The summed E-state index contributed by atoms with van der Waals surface area (Å²) in [4.78, 5) is 13.0. The SMILES string of the molecule is Cc1onc(C(=O)O)c1CN1CCOCC1.Cl. The van der Waals surface area contributed by atoms with Gasteiger partial charge in [-0.2, -0.15) is 0 Å². The number of carbonyl (C=O) groups is 1. The van der Waals surface area contributed by atoms with Crippen molar-refractivity contribution in [3.05, 3.63) is 17.0 Å². The van der Waals surface area contributed by atoms with Gasteiger partial charge in [0.15, 0.2) is 5.69 Å². The first kappa shape index (κ1) is 14.0. The predicted molar refractivity (Wildman–Crippen MR) is 61.5 cm³/mol. The molecule has 1 aliphatic heterocycles. The molecule has 0 aliphatic carbocycles. The van der Waals surface area contributed by atoms with Gasteiger partial charge in [-0.05, 0) is 6.92 Å². The molecule has 2 heterocycles. The van der Waals surface area contributed by atoms with Crippen LogP contribution < -0.4 is 0 Å². The smallest absolute Gasteiger partial charge is 0.358 e. The van der Waals surface area contributed by atoms with Gasteiger partial charge in [0.05, 0.1) is 13.2 Å². The first-order chi connectivity index (χ1) is 7.68. The highest BCUT2D eigenvalue weighted by molar-refractivity contribution is 5.87. The third kappa shape index (κ3) is 3.18. The summed E-state index contributed by atoms with van der Waals surface area (Å²) in [7, 11) is 0. The van der Waals surface area contributed by atoms with Crippen molar-refractivity contribution < 1.29 is 19.2 Å². The van der Waals surface area contributed by atoms with Crippen molar-refractivity contribution in [3.8, 4) is 0 Å². The number of rotatable bonds is 3. The van der Waals surface area contributed by atoms with Gasteiger partial charge in [0.25, 0.3) is 0 Å². The Balaban J connectivity index is 0.00000144. The summed E-state index contributed by atoms with van der Waals surface area (Å²) in [5, 5.41) is 12.5. The van der Waals surface area contributed by atoms with Gasteiger partial charge in [-0.1, -0.05) is 5.16 Å². The molecule has 0 unspecified atom stereocenters. The molecule has 2 rings (SSSR count). The van der Waals surface area contributed by atoms with Crippen LogP contribution in [0.4, 0.5) is 0 Å². The Bertz CT molecular complexity index is 388. The minimum atomic E-state index is -1.04. The van der Waals surface area contributed by atoms with Gasteiger partial charge in [0.1, 0.15) is 5.76 Å². The topological polar surface area (TPSA) is 75.8 Å². The average Bonchev–Trinajstić information content (AvgIpc) is 2.62. The summed E-state index contributed by atoms with van der Waals surface area (Å²) in [5.74, 6) is -0.469. The molecule has 1 aromatic rings. The fourth-order valence-electron chi connectivity index (χ4n) is 1.73. The molecule has 0 bridgehead atoms. The number of carboxylic acid groups (broad SMARTS) is 1. The second-order valence-corrected chi connectivity index (χ2v) is 3.76. The molecule has 96 valence electrons. The summed E-state index contributed by atoms with van der Waals surface area (Å²) in [6, 6.07) is 0. The van der Waals surface area contributed by atoms with Gasteiger partial charge in [0.2, 0.25) is 0 Å². The Kier molecular flexibility index (Phi) is 4.92. The third-order valence-corrected chi connectivity index (χ3v) is 2.67. The predicted octanol–water partition coefficient (Wildman–Crippen LogP) is 0.935. The maximum Gasteiger partial charge on any atom is 0.358 e. The number of hydrogen-bond acceptors (Lipinski definition) is 5. The molecule has 1 aromatic heterocycles. The van der Waals surface area contributed by atoms with Crippen LogP contribution in [0.1, 0.15) is 21.8 Å². The molecular weight excluding hydrogens is 248 g/mol. The molecule has 0 saturated carbocycles. The lowest BCUT2D eigenvalue weighted by Crippen LogP contribution is -2.36. The normalized spacial score (nSPS) is 16.5. The Morgan fingerprint density at radius 1 is 1.47 bits per heavy atom. The first-order valence-corrected chi connectivity index (χ1v) is 5.17. The van der Waals surface area contributed by atoms with Crippen molar-refractivity contribution in [2.75, 3.05) is 26.3 Å². The highest BCUT2D eigenvalue weighted by Gasteiger charge is 2.22. The van der Waals surface area contributed by atoms with E-state index in [0.29, 0.717) is 31.1 Å². The van der Waals surface area contributed by atoms with E-state index in [0.717, 1.165) is 13.1 Å². The van der Waals surface area contributed by atoms with Crippen LogP contribution in [0.5, 0.6) is 0 Å². The molecule has 0 spiro atoms. The van der Waals surface area contributed by atoms with Crippen molar-refractivity contribution in [2.24, 2.45) is 0 Å². The van der Waals surface area contributed by atoms with Crippen LogP contribution in [-0.2, 0) is 11.3 Å². The zero-order valence-corrected chi connectivity index (χ0v) is 10.3. The van der Waals surface area contributed by atoms with E-state index in [1.54, 1.807) is 6.92 Å². The van der Waals surface area contributed by atoms with Crippen molar-refractivity contribution in [1.29, 1.82) is 0 Å². The van der Waals surface area contributed by atoms with Gasteiger partial charge < -0.3 is 14.4 Å². The Morgan fingerprint density at radius 3 is 2.71 bits per heavy atom. The van der Waals surface area contributed by atoms with E-state index in [4.69, 9.17) is 14.4 Å². The molecule has 1 saturated heterocycles. The fraction of sp³-hybridized carbons (Fsp3) is 0.600. The molecular formula is C10H15ClN2O4. The molecule has 0 radical (unpaired) electrons. The van der Waals surface area contributed by atoms with E-state index in [9.17, 15) is 4.79 Å². The molecule has 0 amide bonds. The second-order valence-electron chi connectivity index (χ2n) is 3.76. The van der Waals surface area contributed by atoms with E-state index < -0.39 is 5.97 Å². The van der Waals surface area contributed by atoms with Crippen LogP contribution in [0.2, 0.25) is 0 Å². The number of nitrogens with zero attached hydrogens (tertiary/aromatic N) is 2. The Morgan fingerprint density at radius 2 is 2.12 bits per heavy atom. The number of carboxylic acids is 1. The summed E-state index contributed by atoms with van der Waals surface area (Å²) >= 11 is 0. The maximum atomic E-state index is 10.9. The molecule has 6 nitrogen and oxygen atoms in total. The molecule has 0 atom stereocenters. The summed E-state index contributed by atoms with van der Waals surface area (Å²) in [6.45, 7) is 5.28. The number of halogens is 1. The summed E-state index contributed by atoms with van der Waals surface area (Å²) < 4.78 is 10.1. The van der Waals surface area contributed by atoms with Gasteiger partial charge >= 0.3 is 5.97 Å². The average molecular weight is 263 g/mol. The van der Waals surface area contributed by atoms with E-state index >= 15 is 0 Å². The van der Waals surface area contributed by atoms with E-state index in [2.05, 4.69) is 10.1 Å². The fourth-order valence-corrected chi connectivity index (χ4v) is 1.73. The zero-order valence-electron chi connectivity index (χ0n) is 9.51. The van der Waals surface area contributed by atoms with Crippen molar-refractivity contribution in [2.45, 2.75) is 13.5 Å². The Hall–Kier alpha value is -1.11. The van der Waals surface area contributed by atoms with Crippen LogP contribution in [0.25, 0.3) is 0 Å². The minimum Gasteiger partial charge on any atom is -0.476 e. The lowest BCUT2D eigenvalue weighted by Gasteiger charge is -2.26. The molecule has 0 aromatic carbocycles. The van der Waals surface area contributed by atoms with Gasteiger partial charge in [0, 0.05) is 25.2 Å². The van der Waals surface area contributed by atoms with E-state index in [-0.39, 0.29) is 18.1 Å². The van der Waals surface area contributed by atoms with Crippen LogP contribution in [0.15, 0.2) is 4.52 Å². The lowest BCUT2D eigenvalue weighted by atomic mass is 10.1.